The van der Waals surface area contributed by atoms with E-state index in [1.165, 1.54) is 0 Å². The number of hydrogen-bond donors (Lipinski definition) is 1. The highest BCUT2D eigenvalue weighted by Crippen LogP contribution is 2.30. The number of aliphatic hydroxyl groups excluding tert-OH is 1. The normalized spacial score (nSPS) is 22.7. The third-order valence-electron chi connectivity index (χ3n) is 6.86. The van der Waals surface area contributed by atoms with Crippen LogP contribution < -0.4 is 0 Å². The lowest BCUT2D eigenvalue weighted by molar-refractivity contribution is -0.317. The van der Waals surface area contributed by atoms with Gasteiger partial charge in [-0.05, 0) is 22.3 Å². The molecule has 3 unspecified atom stereocenters. The topological polar surface area (TPSA) is 66.4 Å². The van der Waals surface area contributed by atoms with E-state index in [4.69, 9.17) is 23.7 Å². The Labute approximate surface area is 236 Å². The zero-order valence-corrected chi connectivity index (χ0v) is 22.5. The van der Waals surface area contributed by atoms with E-state index in [1.807, 2.05) is 121 Å². The van der Waals surface area contributed by atoms with Gasteiger partial charge in [0.1, 0.15) is 24.4 Å². The summed E-state index contributed by atoms with van der Waals surface area (Å²) in [7, 11) is 0. The van der Waals surface area contributed by atoms with E-state index < -0.39 is 30.7 Å². The van der Waals surface area contributed by atoms with Crippen molar-refractivity contribution >= 4 is 0 Å². The molecule has 0 saturated carbocycles. The summed E-state index contributed by atoms with van der Waals surface area (Å²) >= 11 is 0. The molecule has 0 aromatic heterocycles. The molecule has 208 valence electrons. The van der Waals surface area contributed by atoms with E-state index >= 15 is 0 Å². The zero-order chi connectivity index (χ0) is 27.4. The molecule has 40 heavy (non-hydrogen) atoms. The second-order valence-electron chi connectivity index (χ2n) is 9.85. The van der Waals surface area contributed by atoms with Crippen molar-refractivity contribution < 1.29 is 28.8 Å². The highest BCUT2D eigenvalue weighted by atomic mass is 16.7. The lowest BCUT2D eigenvalue weighted by Crippen LogP contribution is -2.61. The van der Waals surface area contributed by atoms with Crippen LogP contribution in [-0.4, -0.2) is 42.4 Å². The molecule has 1 N–H and O–H groups in total. The minimum atomic E-state index is -1.22. The van der Waals surface area contributed by atoms with Crippen LogP contribution in [0, 0.1) is 0 Å². The van der Waals surface area contributed by atoms with Crippen molar-refractivity contribution in [3.8, 4) is 0 Å². The lowest BCUT2D eigenvalue weighted by Gasteiger charge is -2.44. The van der Waals surface area contributed by atoms with Gasteiger partial charge in [-0.1, -0.05) is 121 Å². The molecule has 0 bridgehead atoms. The Hall–Kier alpha value is -3.36. The average Bonchev–Trinajstić information content (AvgIpc) is 3.01. The summed E-state index contributed by atoms with van der Waals surface area (Å²) in [4.78, 5) is 0. The van der Waals surface area contributed by atoms with E-state index in [0.717, 1.165) is 22.3 Å². The summed E-state index contributed by atoms with van der Waals surface area (Å²) < 4.78 is 31.4. The van der Waals surface area contributed by atoms with Crippen molar-refractivity contribution in [1.29, 1.82) is 0 Å². The highest BCUT2D eigenvalue weighted by molar-refractivity contribution is 5.16. The van der Waals surface area contributed by atoms with E-state index in [2.05, 4.69) is 0 Å². The molecule has 1 aliphatic heterocycles. The Bertz CT molecular complexity index is 1240. The molecule has 5 rings (SSSR count). The summed E-state index contributed by atoms with van der Waals surface area (Å²) in [5.74, 6) is 0. The first-order valence-electron chi connectivity index (χ1n) is 13.7. The molecular formula is C34H36O6. The van der Waals surface area contributed by atoms with Gasteiger partial charge in [-0.2, -0.15) is 0 Å². The van der Waals surface area contributed by atoms with Crippen molar-refractivity contribution in [3.63, 3.8) is 0 Å². The molecule has 0 amide bonds. The Morgan fingerprint density at radius 1 is 0.475 bits per heavy atom. The van der Waals surface area contributed by atoms with Crippen molar-refractivity contribution in [1.82, 2.24) is 0 Å². The van der Waals surface area contributed by atoms with Crippen molar-refractivity contribution in [2.24, 2.45) is 0 Å². The molecule has 4 aromatic rings. The molecule has 1 aliphatic rings. The molecule has 1 heterocycles. The first kappa shape index (κ1) is 28.2. The van der Waals surface area contributed by atoms with Gasteiger partial charge in [-0.25, -0.2) is 0 Å². The van der Waals surface area contributed by atoms with Gasteiger partial charge in [-0.3, -0.25) is 0 Å². The van der Waals surface area contributed by atoms with Gasteiger partial charge in [0, 0.05) is 0 Å². The minimum Gasteiger partial charge on any atom is -0.374 e. The Morgan fingerprint density at radius 3 is 1.30 bits per heavy atom. The number of benzene rings is 4. The van der Waals surface area contributed by atoms with Crippen LogP contribution in [0.4, 0.5) is 0 Å². The van der Waals surface area contributed by atoms with Gasteiger partial charge >= 0.3 is 0 Å². The van der Waals surface area contributed by atoms with Crippen molar-refractivity contribution in [3.05, 3.63) is 144 Å². The van der Waals surface area contributed by atoms with Gasteiger partial charge in [0.15, 0.2) is 6.29 Å². The minimum absolute atomic E-state index is 0.224. The van der Waals surface area contributed by atoms with E-state index in [0.29, 0.717) is 26.4 Å². The third kappa shape index (κ3) is 8.08. The van der Waals surface area contributed by atoms with Gasteiger partial charge in [0.2, 0.25) is 0 Å². The molecule has 1 saturated heterocycles. The molecule has 5 atom stereocenters. The molecule has 0 spiro atoms. The van der Waals surface area contributed by atoms with Crippen LogP contribution in [0.25, 0.3) is 0 Å². The average molecular weight is 541 g/mol. The summed E-state index contributed by atoms with van der Waals surface area (Å²) in [5, 5.41) is 11.2. The predicted molar refractivity (Wildman–Crippen MR) is 152 cm³/mol. The second kappa shape index (κ2) is 14.9. The summed E-state index contributed by atoms with van der Waals surface area (Å²) in [6.07, 6.45) is -3.72. The Balaban J connectivity index is 1.36. The second-order valence-corrected chi connectivity index (χ2v) is 9.85. The number of ether oxygens (including phenoxy) is 5. The Morgan fingerprint density at radius 2 is 0.850 bits per heavy atom. The molecule has 0 aliphatic carbocycles. The van der Waals surface area contributed by atoms with Crippen LogP contribution in [0.5, 0.6) is 0 Å². The van der Waals surface area contributed by atoms with Crippen molar-refractivity contribution in [2.45, 2.75) is 57.1 Å². The van der Waals surface area contributed by atoms with E-state index in [9.17, 15) is 5.11 Å². The quantitative estimate of drug-likeness (QED) is 0.236. The Kier molecular flexibility index (Phi) is 10.5. The summed E-state index contributed by atoms with van der Waals surface area (Å²) in [5.41, 5.74) is 4.10. The smallest absolute Gasteiger partial charge is 0.184 e. The lowest BCUT2D eigenvalue weighted by atomic mass is 9.98. The SMILES string of the molecule is O[C@H]1OC(COCc2ccccc2)[C@@H](OCc2ccccc2)C(OCc2ccccc2)C1OCc1ccccc1. The molecule has 6 nitrogen and oxygen atoms in total. The summed E-state index contributed by atoms with van der Waals surface area (Å²) in [6.45, 7) is 1.65. The number of rotatable bonds is 13. The van der Waals surface area contributed by atoms with Crippen LogP contribution in [0.2, 0.25) is 0 Å². The summed E-state index contributed by atoms with van der Waals surface area (Å²) in [6, 6.07) is 39.7. The first-order valence-corrected chi connectivity index (χ1v) is 13.7. The molecule has 4 aromatic carbocycles. The van der Waals surface area contributed by atoms with Gasteiger partial charge in [-0.15, -0.1) is 0 Å². The van der Waals surface area contributed by atoms with E-state index in [1.54, 1.807) is 0 Å². The standard InChI is InChI=1S/C34H36O6/c35-34-33(39-24-29-19-11-4-12-20-29)32(38-23-28-17-9-3-10-18-28)31(37-22-27-15-7-2-8-16-27)30(40-34)25-36-21-26-13-5-1-6-14-26/h1-20,30-35H,21-25H2/t30?,31-,32?,33?,34+/m1/s1. The van der Waals surface area contributed by atoms with E-state index in [-0.39, 0.29) is 6.61 Å². The number of aliphatic hydroxyl groups is 1. The van der Waals surface area contributed by atoms with Gasteiger partial charge in [0.05, 0.1) is 33.0 Å². The van der Waals surface area contributed by atoms with Gasteiger partial charge < -0.3 is 28.8 Å². The maximum atomic E-state index is 11.2. The maximum absolute atomic E-state index is 11.2. The van der Waals surface area contributed by atoms with Crippen molar-refractivity contribution in [2.75, 3.05) is 6.61 Å². The first-order chi connectivity index (χ1) is 19.8. The third-order valence-corrected chi connectivity index (χ3v) is 6.86. The molecule has 6 heteroatoms. The zero-order valence-electron chi connectivity index (χ0n) is 22.5. The predicted octanol–water partition coefficient (Wildman–Crippen LogP) is 5.68. The van der Waals surface area contributed by atoms with Crippen LogP contribution >= 0.6 is 0 Å². The monoisotopic (exact) mass is 540 g/mol. The fraction of sp³-hybridized carbons (Fsp3) is 0.294. The maximum Gasteiger partial charge on any atom is 0.184 e. The molecule has 0 radical (unpaired) electrons. The fourth-order valence-electron chi connectivity index (χ4n) is 4.77. The van der Waals surface area contributed by atoms with Crippen LogP contribution in [0.3, 0.4) is 0 Å². The molecular weight excluding hydrogens is 504 g/mol. The van der Waals surface area contributed by atoms with Crippen LogP contribution in [0.1, 0.15) is 22.3 Å². The van der Waals surface area contributed by atoms with Crippen LogP contribution in [-0.2, 0) is 50.1 Å². The molecule has 1 fully saturated rings. The largest absolute Gasteiger partial charge is 0.374 e. The van der Waals surface area contributed by atoms with Crippen LogP contribution in [0.15, 0.2) is 121 Å². The number of hydrogen-bond acceptors (Lipinski definition) is 6. The highest BCUT2D eigenvalue weighted by Gasteiger charge is 2.48. The van der Waals surface area contributed by atoms with Gasteiger partial charge in [0.25, 0.3) is 0 Å². The fourth-order valence-corrected chi connectivity index (χ4v) is 4.77.